The van der Waals surface area contributed by atoms with Crippen LogP contribution in [-0.2, 0) is 5.41 Å². The average molecular weight is 792 g/mol. The number of hydrogen-bond donors (Lipinski definition) is 0. The molecule has 0 aliphatic heterocycles. The highest BCUT2D eigenvalue weighted by Gasteiger charge is 2.46. The van der Waals surface area contributed by atoms with Crippen molar-refractivity contribution in [3.05, 3.63) is 247 Å². The smallest absolute Gasteiger partial charge is 0.164 e. The molecular formula is C58H37N3O. The van der Waals surface area contributed by atoms with Crippen LogP contribution in [0.2, 0.25) is 0 Å². The lowest BCUT2D eigenvalue weighted by atomic mass is 9.67. The van der Waals surface area contributed by atoms with E-state index in [4.69, 9.17) is 19.4 Å². The lowest BCUT2D eigenvalue weighted by Gasteiger charge is -2.33. The van der Waals surface area contributed by atoms with Crippen LogP contribution in [0.1, 0.15) is 22.3 Å². The Hall–Kier alpha value is -8.21. The third kappa shape index (κ3) is 5.72. The zero-order chi connectivity index (χ0) is 41.0. The maximum absolute atomic E-state index is 6.51. The van der Waals surface area contributed by atoms with Gasteiger partial charge in [-0.3, -0.25) is 0 Å². The lowest BCUT2D eigenvalue weighted by Crippen LogP contribution is -2.28. The molecule has 12 rings (SSSR count). The summed E-state index contributed by atoms with van der Waals surface area (Å²) in [5.41, 5.74) is 16.1. The van der Waals surface area contributed by atoms with E-state index in [-0.39, 0.29) is 0 Å². The number of aromatic nitrogens is 3. The minimum absolute atomic E-state index is 0.427. The second kappa shape index (κ2) is 14.5. The number of benzene rings is 9. The Labute approximate surface area is 359 Å². The van der Waals surface area contributed by atoms with E-state index in [0.29, 0.717) is 17.5 Å². The Kier molecular flexibility index (Phi) is 8.36. The summed E-state index contributed by atoms with van der Waals surface area (Å²) in [6, 6.07) is 79.5. The average Bonchev–Trinajstić information content (AvgIpc) is 3.88. The first kappa shape index (κ1) is 35.7. The molecular weight excluding hydrogens is 755 g/mol. The van der Waals surface area contributed by atoms with Crippen molar-refractivity contribution < 1.29 is 4.42 Å². The van der Waals surface area contributed by atoms with Gasteiger partial charge in [-0.15, -0.1) is 0 Å². The summed E-state index contributed by atoms with van der Waals surface area (Å²) in [5.74, 6) is 1.84. The van der Waals surface area contributed by atoms with Crippen molar-refractivity contribution in [1.82, 2.24) is 15.0 Å². The molecule has 2 aromatic heterocycles. The molecule has 0 bridgehead atoms. The van der Waals surface area contributed by atoms with E-state index in [9.17, 15) is 0 Å². The first-order valence-electron chi connectivity index (χ1n) is 21.0. The van der Waals surface area contributed by atoms with Crippen LogP contribution in [0.3, 0.4) is 0 Å². The maximum Gasteiger partial charge on any atom is 0.164 e. The van der Waals surface area contributed by atoms with Crippen molar-refractivity contribution in [2.24, 2.45) is 0 Å². The molecule has 0 atom stereocenters. The van der Waals surface area contributed by atoms with E-state index in [1.54, 1.807) is 0 Å². The summed E-state index contributed by atoms with van der Waals surface area (Å²) >= 11 is 0. The third-order valence-corrected chi connectivity index (χ3v) is 12.4. The van der Waals surface area contributed by atoms with Gasteiger partial charge in [0, 0.05) is 27.5 Å². The van der Waals surface area contributed by atoms with Gasteiger partial charge in [0.05, 0.1) is 5.41 Å². The molecule has 11 aromatic rings. The Morgan fingerprint density at radius 1 is 0.306 bits per heavy atom. The normalized spacial score (nSPS) is 12.6. The zero-order valence-electron chi connectivity index (χ0n) is 33.6. The molecule has 9 aromatic carbocycles. The monoisotopic (exact) mass is 791 g/mol. The molecule has 4 nitrogen and oxygen atoms in total. The minimum atomic E-state index is -0.427. The molecule has 0 amide bonds. The highest BCUT2D eigenvalue weighted by Crippen LogP contribution is 2.56. The van der Waals surface area contributed by atoms with Gasteiger partial charge in [0.25, 0.3) is 0 Å². The topological polar surface area (TPSA) is 51.8 Å². The largest absolute Gasteiger partial charge is 0.456 e. The summed E-state index contributed by atoms with van der Waals surface area (Å²) in [6.45, 7) is 0. The van der Waals surface area contributed by atoms with Gasteiger partial charge in [-0.05, 0) is 86.0 Å². The first-order chi connectivity index (χ1) is 30.7. The molecule has 2 heterocycles. The van der Waals surface area contributed by atoms with E-state index < -0.39 is 5.41 Å². The Morgan fingerprint density at radius 2 is 0.790 bits per heavy atom. The first-order valence-corrected chi connectivity index (χ1v) is 21.0. The van der Waals surface area contributed by atoms with Crippen molar-refractivity contribution in [1.29, 1.82) is 0 Å². The molecule has 1 aliphatic rings. The minimum Gasteiger partial charge on any atom is -0.456 e. The number of fused-ring (bicyclic) bond motifs is 6. The summed E-state index contributed by atoms with van der Waals surface area (Å²) in [5, 5.41) is 1.98. The Bertz CT molecular complexity index is 3350. The van der Waals surface area contributed by atoms with Crippen molar-refractivity contribution >= 4 is 21.9 Å². The van der Waals surface area contributed by atoms with Crippen LogP contribution in [0.5, 0.6) is 0 Å². The van der Waals surface area contributed by atoms with Crippen LogP contribution in [0.25, 0.3) is 89.5 Å². The van der Waals surface area contributed by atoms with Gasteiger partial charge in [0.2, 0.25) is 0 Å². The van der Waals surface area contributed by atoms with Gasteiger partial charge < -0.3 is 4.42 Å². The Balaban J connectivity index is 0.978. The van der Waals surface area contributed by atoms with E-state index in [1.807, 2.05) is 72.8 Å². The quantitative estimate of drug-likeness (QED) is 0.161. The van der Waals surface area contributed by atoms with Gasteiger partial charge in [-0.2, -0.15) is 0 Å². The molecule has 0 spiro atoms. The SMILES string of the molecule is c1ccc(-c2nc(-c3ccccc3)nc(-c3cccc4oc5ccc(-c6cccc(-c7ccc8c(c7)-c7ccccc7C8(c7ccccc7)c7ccccc7)c6)cc5c34)n2)cc1. The number of hydrogen-bond acceptors (Lipinski definition) is 4. The van der Waals surface area contributed by atoms with Crippen molar-refractivity contribution in [2.45, 2.75) is 5.41 Å². The second-order valence-corrected chi connectivity index (χ2v) is 15.9. The van der Waals surface area contributed by atoms with E-state index in [1.165, 1.54) is 38.9 Å². The second-order valence-electron chi connectivity index (χ2n) is 15.9. The van der Waals surface area contributed by atoms with Gasteiger partial charge in [-0.25, -0.2) is 15.0 Å². The molecule has 62 heavy (non-hydrogen) atoms. The fourth-order valence-corrected chi connectivity index (χ4v) is 9.63. The number of nitrogens with zero attached hydrogens (tertiary/aromatic N) is 3. The summed E-state index contributed by atoms with van der Waals surface area (Å²) in [4.78, 5) is 15.1. The van der Waals surface area contributed by atoms with Crippen molar-refractivity contribution in [3.63, 3.8) is 0 Å². The van der Waals surface area contributed by atoms with Crippen LogP contribution in [0.15, 0.2) is 229 Å². The standard InChI is InChI=1S/C58H37N3O/c1-5-17-38(18-6-1)55-59-56(39-19-7-2-8-20-39)61-57(60-55)47-28-16-30-53-54(47)49-37-43(32-34-52(49)62-53)41-22-15-21-40(35-41)42-31-33-51-48(36-42)46-27-13-14-29-50(46)58(51,44-23-9-3-10-24-44)45-25-11-4-12-26-45/h1-37H. The third-order valence-electron chi connectivity index (χ3n) is 12.4. The number of rotatable bonds is 7. The van der Waals surface area contributed by atoms with E-state index >= 15 is 0 Å². The zero-order valence-corrected chi connectivity index (χ0v) is 33.6. The summed E-state index contributed by atoms with van der Waals surface area (Å²) in [7, 11) is 0. The van der Waals surface area contributed by atoms with Crippen molar-refractivity contribution in [2.75, 3.05) is 0 Å². The summed E-state index contributed by atoms with van der Waals surface area (Å²) < 4.78 is 6.51. The highest BCUT2D eigenvalue weighted by atomic mass is 16.3. The van der Waals surface area contributed by atoms with Crippen LogP contribution < -0.4 is 0 Å². The number of furan rings is 1. The lowest BCUT2D eigenvalue weighted by molar-refractivity contribution is 0.669. The van der Waals surface area contributed by atoms with Crippen LogP contribution in [0.4, 0.5) is 0 Å². The Morgan fingerprint density at radius 3 is 1.45 bits per heavy atom. The van der Waals surface area contributed by atoms with Crippen LogP contribution >= 0.6 is 0 Å². The molecule has 4 heteroatoms. The van der Waals surface area contributed by atoms with Crippen LogP contribution in [0, 0.1) is 0 Å². The van der Waals surface area contributed by atoms with Crippen molar-refractivity contribution in [3.8, 4) is 67.5 Å². The van der Waals surface area contributed by atoms with Gasteiger partial charge in [0.1, 0.15) is 11.2 Å². The molecule has 0 saturated carbocycles. The predicted molar refractivity (Wildman–Crippen MR) is 252 cm³/mol. The fraction of sp³-hybridized carbons (Fsp3) is 0.0172. The molecule has 290 valence electrons. The predicted octanol–water partition coefficient (Wildman–Crippen LogP) is 14.5. The molecule has 0 radical (unpaired) electrons. The summed E-state index contributed by atoms with van der Waals surface area (Å²) in [6.07, 6.45) is 0. The van der Waals surface area contributed by atoms with Gasteiger partial charge >= 0.3 is 0 Å². The molecule has 0 N–H and O–H groups in total. The van der Waals surface area contributed by atoms with E-state index in [2.05, 4.69) is 152 Å². The fourth-order valence-electron chi connectivity index (χ4n) is 9.63. The van der Waals surface area contributed by atoms with Gasteiger partial charge in [0.15, 0.2) is 17.5 Å². The van der Waals surface area contributed by atoms with E-state index in [0.717, 1.165) is 55.3 Å². The highest BCUT2D eigenvalue weighted by molar-refractivity contribution is 6.13. The molecule has 1 aliphatic carbocycles. The van der Waals surface area contributed by atoms with Gasteiger partial charge in [-0.1, -0.05) is 194 Å². The molecule has 0 unspecified atom stereocenters. The maximum atomic E-state index is 6.51. The van der Waals surface area contributed by atoms with Crippen LogP contribution in [-0.4, -0.2) is 15.0 Å². The molecule has 0 saturated heterocycles. The molecule has 0 fully saturated rings.